The molecule has 0 saturated heterocycles. The van der Waals surface area contributed by atoms with Crippen molar-refractivity contribution in [2.45, 2.75) is 19.0 Å². The van der Waals surface area contributed by atoms with Crippen LogP contribution in [0, 0.1) is 6.92 Å². The Labute approximate surface area is 199 Å². The van der Waals surface area contributed by atoms with Gasteiger partial charge in [0.2, 0.25) is 0 Å². The molecule has 1 atom stereocenters. The molecule has 0 bridgehead atoms. The summed E-state index contributed by atoms with van der Waals surface area (Å²) in [5.41, 5.74) is 0.928. The van der Waals surface area contributed by atoms with Gasteiger partial charge >= 0.3 is 15.2 Å². The first-order valence-electron chi connectivity index (χ1n) is 10.2. The van der Waals surface area contributed by atoms with Crippen molar-refractivity contribution in [1.82, 2.24) is 15.0 Å². The summed E-state index contributed by atoms with van der Waals surface area (Å²) in [4.78, 5) is 50.4. The van der Waals surface area contributed by atoms with Gasteiger partial charge in [0.05, 0.1) is 18.5 Å². The number of nitrogens with zero attached hydrogens (tertiary/aromatic N) is 2. The lowest BCUT2D eigenvalue weighted by atomic mass is 10.2. The fourth-order valence-electron chi connectivity index (χ4n) is 3.55. The number of aromatic nitrogens is 3. The Morgan fingerprint density at radius 1 is 1.09 bits per heavy atom. The number of hydrogen-bond acceptors (Lipinski definition) is 6. The summed E-state index contributed by atoms with van der Waals surface area (Å²) in [6.07, 6.45) is 3.10. The van der Waals surface area contributed by atoms with Gasteiger partial charge in [-0.15, -0.1) is 11.3 Å². The van der Waals surface area contributed by atoms with E-state index < -0.39 is 27.0 Å². The summed E-state index contributed by atoms with van der Waals surface area (Å²) < 4.78 is 29.1. The number of H-pyrrole nitrogens is 1. The molecular weight excluding hydrogens is 500 g/mol. The number of nitrogens with one attached hydrogen (secondary N) is 1. The Kier molecular flexibility index (Phi) is 7.07. The Morgan fingerprint density at radius 3 is 2.50 bits per heavy atom. The molecule has 180 valence electrons. The summed E-state index contributed by atoms with van der Waals surface area (Å²) in [6, 6.07) is 10.4. The van der Waals surface area contributed by atoms with Gasteiger partial charge in [-0.05, 0) is 42.6 Å². The average Bonchev–Trinajstić information content (AvgIpc) is 3.34. The zero-order chi connectivity index (χ0) is 24.5. The predicted octanol–water partition coefficient (Wildman–Crippen LogP) is 4.01. The highest BCUT2D eigenvalue weighted by Gasteiger charge is 2.37. The number of aromatic amines is 1. The van der Waals surface area contributed by atoms with Gasteiger partial charge in [0.1, 0.15) is 16.4 Å². The molecule has 10 nitrogen and oxygen atoms in total. The zero-order valence-electron chi connectivity index (χ0n) is 18.0. The fourth-order valence-corrected chi connectivity index (χ4v) is 7.16. The largest absolute Gasteiger partial charge is 0.493 e. The Hall–Kier alpha value is -2.36. The van der Waals surface area contributed by atoms with Crippen molar-refractivity contribution in [2.75, 3.05) is 12.8 Å². The molecule has 0 spiro atoms. The minimum atomic E-state index is -4.80. The summed E-state index contributed by atoms with van der Waals surface area (Å²) >= 11 is 1.61. The van der Waals surface area contributed by atoms with Crippen LogP contribution in [0.15, 0.2) is 48.8 Å². The smallest absolute Gasteiger partial charge is 0.335 e. The normalized spacial score (nSPS) is 13.3. The van der Waals surface area contributed by atoms with Gasteiger partial charge < -0.3 is 29.3 Å². The highest BCUT2D eigenvalue weighted by atomic mass is 32.1. The van der Waals surface area contributed by atoms with Gasteiger partial charge in [-0.3, -0.25) is 14.1 Å². The summed E-state index contributed by atoms with van der Waals surface area (Å²) in [7, 11) is -9.45. The SMILES string of the molecule is Cc1sc(-c2ccncc2)nc1CCOc1ccc2cc(C(CP(=O)(O)O)P(=O)(O)O)[nH]c2c1. The summed E-state index contributed by atoms with van der Waals surface area (Å²) in [5.74, 6) is 0.547. The van der Waals surface area contributed by atoms with Gasteiger partial charge in [0.25, 0.3) is 0 Å². The molecule has 0 radical (unpaired) electrons. The minimum Gasteiger partial charge on any atom is -0.493 e. The molecule has 13 heteroatoms. The number of fused-ring (bicyclic) bond motifs is 1. The van der Waals surface area contributed by atoms with Crippen molar-refractivity contribution in [3.05, 3.63) is 65.1 Å². The monoisotopic (exact) mass is 523 g/mol. The number of hydrogen-bond donors (Lipinski definition) is 5. The maximum Gasteiger partial charge on any atom is 0.335 e. The number of pyridine rings is 1. The second-order valence-electron chi connectivity index (χ2n) is 7.78. The summed E-state index contributed by atoms with van der Waals surface area (Å²) in [5, 5.41) is 1.56. The second kappa shape index (κ2) is 9.71. The molecule has 1 unspecified atom stereocenters. The maximum absolute atomic E-state index is 11.8. The molecule has 34 heavy (non-hydrogen) atoms. The van der Waals surface area contributed by atoms with Crippen molar-refractivity contribution in [3.8, 4) is 16.3 Å². The highest BCUT2D eigenvalue weighted by Crippen LogP contribution is 2.57. The van der Waals surface area contributed by atoms with Crippen molar-refractivity contribution in [1.29, 1.82) is 0 Å². The van der Waals surface area contributed by atoms with Crippen LogP contribution in [0.25, 0.3) is 21.5 Å². The molecule has 4 aromatic rings. The van der Waals surface area contributed by atoms with E-state index >= 15 is 0 Å². The molecule has 4 rings (SSSR count). The number of rotatable bonds is 9. The van der Waals surface area contributed by atoms with E-state index in [0.29, 0.717) is 29.7 Å². The Bertz CT molecular complexity index is 1390. The van der Waals surface area contributed by atoms with Gasteiger partial charge in [0.15, 0.2) is 0 Å². The number of aryl methyl sites for hydroxylation is 1. The number of thiazole rings is 1. The van der Waals surface area contributed by atoms with E-state index in [1.807, 2.05) is 19.1 Å². The topological polar surface area (TPSA) is 166 Å². The quantitative estimate of drug-likeness (QED) is 0.204. The van der Waals surface area contributed by atoms with Crippen LogP contribution in [0.4, 0.5) is 0 Å². The summed E-state index contributed by atoms with van der Waals surface area (Å²) in [6.45, 7) is 2.39. The molecule has 0 fully saturated rings. The second-order valence-corrected chi connectivity index (χ2v) is 12.5. The molecule has 3 aromatic heterocycles. The molecule has 0 aliphatic carbocycles. The molecule has 0 aliphatic rings. The molecule has 5 N–H and O–H groups in total. The maximum atomic E-state index is 11.8. The molecule has 3 heterocycles. The Morgan fingerprint density at radius 2 is 1.82 bits per heavy atom. The van der Waals surface area contributed by atoms with Crippen molar-refractivity contribution < 1.29 is 33.4 Å². The van der Waals surface area contributed by atoms with Crippen LogP contribution < -0.4 is 4.74 Å². The first kappa shape index (κ1) is 24.8. The zero-order valence-corrected chi connectivity index (χ0v) is 20.6. The molecular formula is C21H23N3O7P2S. The number of ether oxygens (including phenoxy) is 1. The average molecular weight is 523 g/mol. The third kappa shape index (κ3) is 6.00. The van der Waals surface area contributed by atoms with Crippen molar-refractivity contribution in [3.63, 3.8) is 0 Å². The molecule has 0 aliphatic heterocycles. The molecule has 1 aromatic carbocycles. The molecule has 0 saturated carbocycles. The van der Waals surface area contributed by atoms with Gasteiger partial charge in [-0.1, -0.05) is 0 Å². The third-order valence-electron chi connectivity index (χ3n) is 5.22. The van der Waals surface area contributed by atoms with Gasteiger partial charge in [-0.25, -0.2) is 4.98 Å². The van der Waals surface area contributed by atoms with Crippen molar-refractivity contribution in [2.24, 2.45) is 0 Å². The highest BCUT2D eigenvalue weighted by molar-refractivity contribution is 7.56. The van der Waals surface area contributed by atoms with E-state index in [1.165, 1.54) is 6.07 Å². The van der Waals surface area contributed by atoms with Crippen LogP contribution in [0.2, 0.25) is 0 Å². The van der Waals surface area contributed by atoms with Crippen LogP contribution in [0.1, 0.15) is 21.9 Å². The first-order chi connectivity index (χ1) is 16.0. The van der Waals surface area contributed by atoms with Gasteiger partial charge in [-0.2, -0.15) is 0 Å². The van der Waals surface area contributed by atoms with Gasteiger partial charge in [0, 0.05) is 46.5 Å². The van der Waals surface area contributed by atoms with E-state index in [-0.39, 0.29) is 5.69 Å². The van der Waals surface area contributed by atoms with Crippen LogP contribution in [-0.2, 0) is 15.6 Å². The fraction of sp³-hybridized carbons (Fsp3) is 0.238. The molecule has 0 amide bonds. The predicted molar refractivity (Wildman–Crippen MR) is 129 cm³/mol. The lowest BCUT2D eigenvalue weighted by Crippen LogP contribution is -2.06. The first-order valence-corrected chi connectivity index (χ1v) is 14.5. The van der Waals surface area contributed by atoms with E-state index in [9.17, 15) is 28.7 Å². The van der Waals surface area contributed by atoms with Crippen LogP contribution in [-0.4, -0.2) is 47.3 Å². The minimum absolute atomic E-state index is 0.0607. The van der Waals surface area contributed by atoms with E-state index in [0.717, 1.165) is 21.1 Å². The lowest BCUT2D eigenvalue weighted by molar-refractivity contribution is 0.321. The lowest BCUT2D eigenvalue weighted by Gasteiger charge is -2.17. The van der Waals surface area contributed by atoms with E-state index in [1.54, 1.807) is 41.9 Å². The third-order valence-corrected chi connectivity index (χ3v) is 8.68. The van der Waals surface area contributed by atoms with Crippen molar-refractivity contribution >= 4 is 37.4 Å². The van der Waals surface area contributed by atoms with Crippen LogP contribution >= 0.6 is 26.5 Å². The standard InChI is InChI=1S/C21H23N3O7P2S/c1-13-17(24-21(34-13)14-4-7-22-8-5-14)6-9-31-16-3-2-15-10-19(23-18(15)11-16)20(33(28,29)30)12-32(25,26)27/h2-5,7-8,10-11,20,23H,6,9,12H2,1H3,(H2,25,26,27)(H2,28,29,30). The van der Waals surface area contributed by atoms with E-state index in [2.05, 4.69) is 9.97 Å². The van der Waals surface area contributed by atoms with Crippen LogP contribution in [0.3, 0.4) is 0 Å². The van der Waals surface area contributed by atoms with E-state index in [4.69, 9.17) is 9.72 Å². The Balaban J connectivity index is 1.46. The van der Waals surface area contributed by atoms with Crippen LogP contribution in [0.5, 0.6) is 5.75 Å². The number of benzene rings is 1.